The Morgan fingerprint density at radius 1 is 0.345 bits per heavy atom. The number of pyridine rings is 1. The molecule has 0 aliphatic carbocycles. The molecule has 0 saturated heterocycles. The van der Waals surface area contributed by atoms with Crippen LogP contribution in [0, 0.1) is 116 Å². The maximum atomic E-state index is 15.4. The highest BCUT2D eigenvalue weighted by atomic mass is 35.5. The van der Waals surface area contributed by atoms with Crippen LogP contribution in [0.25, 0.3) is 0 Å². The van der Waals surface area contributed by atoms with Gasteiger partial charge in [0, 0.05) is 16.9 Å². The first-order valence-corrected chi connectivity index (χ1v) is 14.6. The van der Waals surface area contributed by atoms with Crippen LogP contribution in [0.1, 0.15) is 0 Å². The molecule has 4 aromatic carbocycles. The van der Waals surface area contributed by atoms with E-state index in [1.54, 1.807) is 4.73 Å². The molecule has 294 valence electrons. The van der Waals surface area contributed by atoms with Crippen LogP contribution in [0.5, 0.6) is 0 Å². The number of aromatic nitrogens is 1. The van der Waals surface area contributed by atoms with Crippen LogP contribution in [0.2, 0.25) is 0 Å². The Labute approximate surface area is 296 Å². The van der Waals surface area contributed by atoms with E-state index in [4.69, 9.17) is 16.4 Å². The van der Waals surface area contributed by atoms with Gasteiger partial charge in [-0.05, 0) is 0 Å². The Morgan fingerprint density at radius 2 is 0.545 bits per heavy atom. The van der Waals surface area contributed by atoms with Gasteiger partial charge in [0.1, 0.15) is 52.7 Å². The Bertz CT molecular complexity index is 1950. The summed E-state index contributed by atoms with van der Waals surface area (Å²) in [5.74, 6) is -70.9. The van der Waals surface area contributed by atoms with Crippen LogP contribution in [-0.2, 0) is 0 Å². The second-order valence-electron chi connectivity index (χ2n) is 10.6. The average Bonchev–Trinajstić information content (AvgIpc) is 3.17. The van der Waals surface area contributed by atoms with E-state index in [1.165, 1.54) is 0 Å². The molecule has 1 heterocycles. The first-order chi connectivity index (χ1) is 25.6. The van der Waals surface area contributed by atoms with Gasteiger partial charge < -0.3 is 0 Å². The Morgan fingerprint density at radius 3 is 0.745 bits per heavy atom. The second-order valence-corrected chi connectivity index (χ2v) is 10.9. The van der Waals surface area contributed by atoms with E-state index in [2.05, 4.69) is 0 Å². The lowest BCUT2D eigenvalue weighted by atomic mass is 9.12. The molecule has 0 spiro atoms. The summed E-state index contributed by atoms with van der Waals surface area (Å²) in [6, 6.07) is 5.73. The monoisotopic (exact) mass is 837 g/mol. The summed E-state index contributed by atoms with van der Waals surface area (Å²) in [6.45, 7) is 0.538. The highest BCUT2D eigenvalue weighted by Crippen LogP contribution is 2.30. The maximum absolute atomic E-state index is 15.4. The zero-order chi connectivity index (χ0) is 41.6. The van der Waals surface area contributed by atoms with Gasteiger partial charge in [-0.2, -0.15) is 0 Å². The highest BCUT2D eigenvalue weighted by molar-refractivity contribution is 7.20. The molecular weight excluding hydrogens is 829 g/mol. The minimum atomic E-state index is -7.22. The van der Waals surface area contributed by atoms with Gasteiger partial charge in [-0.25, -0.2) is 87.8 Å². The van der Waals surface area contributed by atoms with Crippen molar-refractivity contribution in [3.8, 4) is 0 Å². The largest absolute Gasteiger partial charge is 0.270 e. The molecule has 0 fully saturated rings. The lowest BCUT2D eigenvalue weighted by Crippen LogP contribution is -2.81. The zero-order valence-electron chi connectivity index (χ0n) is 25.7. The fraction of sp³-hybridized carbons (Fsp3) is 0.0645. The summed E-state index contributed by atoms with van der Waals surface area (Å²) in [5, 5.41) is 0. The van der Waals surface area contributed by atoms with Gasteiger partial charge in [0.05, 0.1) is 5.88 Å². The van der Waals surface area contributed by atoms with Crippen LogP contribution < -0.4 is 31.4 Å². The van der Waals surface area contributed by atoms with E-state index in [1.807, 2.05) is 30.6 Å². The van der Waals surface area contributed by atoms with Crippen molar-refractivity contribution in [1.29, 1.82) is 0 Å². The third kappa shape index (κ3) is 6.64. The van der Waals surface area contributed by atoms with Crippen molar-refractivity contribution in [2.75, 3.05) is 12.5 Å². The Hall–Kier alpha value is -5.22. The van der Waals surface area contributed by atoms with Gasteiger partial charge in [0.2, 0.25) is 12.4 Å². The number of nitrogens with zero attached hydrogens (tertiary/aromatic N) is 1. The lowest BCUT2D eigenvalue weighted by molar-refractivity contribution is -0.890. The maximum Gasteiger partial charge on any atom is 0.222 e. The third-order valence-corrected chi connectivity index (χ3v) is 7.87. The van der Waals surface area contributed by atoms with Crippen molar-refractivity contribution in [3.05, 3.63) is 147 Å². The zero-order valence-corrected chi connectivity index (χ0v) is 26.4. The van der Waals surface area contributed by atoms with E-state index in [0.717, 1.165) is 0 Å². The number of hydrogen-bond acceptors (Lipinski definition) is 1. The van der Waals surface area contributed by atoms with Crippen molar-refractivity contribution in [3.63, 3.8) is 0 Å². The van der Waals surface area contributed by atoms with Gasteiger partial charge in [0.25, 0.3) is 0 Å². The normalized spacial score (nSPS) is 11.5. The van der Waals surface area contributed by atoms with E-state index >= 15 is 35.1 Å². The van der Waals surface area contributed by atoms with Gasteiger partial charge in [-0.1, -0.05) is 6.07 Å². The lowest BCUT2D eigenvalue weighted by Gasteiger charge is -2.44. The number of rotatable bonds is 7. The molecule has 5 rings (SSSR count). The van der Waals surface area contributed by atoms with Crippen LogP contribution in [0.3, 0.4) is 0 Å². The Kier molecular flexibility index (Phi) is 12.3. The average molecular weight is 838 g/mol. The molecule has 0 radical (unpaired) electrons. The molecule has 0 unspecified atom stereocenters. The van der Waals surface area contributed by atoms with Gasteiger partial charge >= 0.3 is 0 Å². The van der Waals surface area contributed by atoms with Crippen LogP contribution in [0.4, 0.5) is 87.8 Å². The number of hydrogen-bond donors (Lipinski definition) is 0. The molecule has 1 aromatic heterocycles. The van der Waals surface area contributed by atoms with Crippen molar-refractivity contribution in [2.24, 2.45) is 0 Å². The molecule has 24 heteroatoms. The van der Waals surface area contributed by atoms with Gasteiger partial charge in [-0.15, -0.1) is 33.5 Å². The van der Waals surface area contributed by atoms with Crippen LogP contribution in [-0.4, -0.2) is 18.6 Å². The molecule has 0 N–H and O–H groups in total. The Balaban J connectivity index is 0.000000583. The number of benzene rings is 4. The van der Waals surface area contributed by atoms with Crippen molar-refractivity contribution in [2.45, 2.75) is 0 Å². The second kappa shape index (κ2) is 15.9. The van der Waals surface area contributed by atoms with Crippen LogP contribution >= 0.6 is 11.6 Å². The molecule has 2 nitrogen and oxygen atoms in total. The van der Waals surface area contributed by atoms with E-state index in [0.29, 0.717) is 12.5 Å². The van der Waals surface area contributed by atoms with E-state index in [-0.39, 0.29) is 0 Å². The molecule has 0 bridgehead atoms. The smallest absolute Gasteiger partial charge is 0.222 e. The predicted octanol–water partition coefficient (Wildman–Crippen LogP) is 6.49. The molecule has 0 atom stereocenters. The van der Waals surface area contributed by atoms with E-state index < -0.39 is 144 Å². The standard InChI is InChI=1S/C24BF20.C7H9ClNO/c26-5-1(6(27)14(35)21(42)13(5)34)25(2-7(28)15(36)22(43)16(37)8(2)29,3-9(30)17(38)23(44)18(39)10(3)31)4-11(32)19(40)24(45)20(41)12(4)33;8-4-7-10-9-5-2-1-3-6-9/h;1-3,5-6H,4,7H2/q-1;+1. The number of alkyl halides is 1. The summed E-state index contributed by atoms with van der Waals surface area (Å²) in [4.78, 5) is 5.14. The van der Waals surface area contributed by atoms with Crippen molar-refractivity contribution < 1.29 is 97.4 Å². The van der Waals surface area contributed by atoms with Crippen molar-refractivity contribution >= 4 is 39.6 Å². The van der Waals surface area contributed by atoms with Crippen LogP contribution in [0.15, 0.2) is 30.6 Å². The van der Waals surface area contributed by atoms with Gasteiger partial charge in [0.15, 0.2) is 76.4 Å². The minimum Gasteiger partial charge on any atom is -0.270 e. The topological polar surface area (TPSA) is 13.1 Å². The molecule has 0 aliphatic rings. The number of halogens is 21. The quantitative estimate of drug-likeness (QED) is 0.0457. The molecule has 0 amide bonds. The molecular formula is C31H9BClF20NO. The molecule has 0 saturated carbocycles. The summed E-state index contributed by atoms with van der Waals surface area (Å²) >= 11 is 5.41. The minimum absolute atomic E-state index is 0.516. The third-order valence-electron chi connectivity index (χ3n) is 7.71. The summed E-state index contributed by atoms with van der Waals surface area (Å²) in [6.07, 6.45) is -3.57. The van der Waals surface area contributed by atoms with Gasteiger partial charge in [-0.3, -0.25) is 4.84 Å². The summed E-state index contributed by atoms with van der Waals surface area (Å²) in [7, 11) is 0. The first-order valence-electron chi connectivity index (χ1n) is 14.0. The summed E-state index contributed by atoms with van der Waals surface area (Å²) < 4.78 is 296. The van der Waals surface area contributed by atoms with E-state index in [9.17, 15) is 52.7 Å². The van der Waals surface area contributed by atoms with Crippen molar-refractivity contribution in [1.82, 2.24) is 0 Å². The molecule has 0 aliphatic heterocycles. The highest BCUT2D eigenvalue weighted by Gasteiger charge is 2.52. The molecule has 5 aromatic rings. The SMILES string of the molecule is ClCCO[n+]1ccccc1.Fc1c(F)c(F)c([B-](c2c(F)c(F)c(F)c(F)c2F)(c2c(F)c(F)c(F)c(F)c2F)c2c(F)c(F)c(F)c(F)c2F)c(F)c1F. The summed E-state index contributed by atoms with van der Waals surface area (Å²) in [5.41, 5.74) is -14.3. The fourth-order valence-electron chi connectivity index (χ4n) is 5.48. The first kappa shape index (κ1) is 42.5. The fourth-order valence-corrected chi connectivity index (χ4v) is 5.55. The molecule has 55 heavy (non-hydrogen) atoms. The predicted molar refractivity (Wildman–Crippen MR) is 148 cm³/mol.